The number of ether oxygens (including phenoxy) is 2. The Hall–Kier alpha value is -4.59. The van der Waals surface area contributed by atoms with Crippen molar-refractivity contribution >= 4 is 44.7 Å². The maximum atomic E-state index is 14.5. The molecular weight excluding hydrogens is 695 g/mol. The van der Waals surface area contributed by atoms with Gasteiger partial charge in [-0.25, -0.2) is 32.3 Å². The number of carboxylic acid groups (broad SMARTS) is 2. The zero-order valence-corrected chi connectivity index (χ0v) is 28.9. The fraction of sp³-hybridized carbons (Fsp3) is 0.483. The Kier molecular flexibility index (Phi) is 12.9. The molecule has 0 radical (unpaired) electrons. The van der Waals surface area contributed by atoms with E-state index in [1.54, 1.807) is 19.1 Å². The number of alkyl halides is 3. The van der Waals surface area contributed by atoms with Gasteiger partial charge in [0.05, 0.1) is 26.3 Å². The van der Waals surface area contributed by atoms with Crippen molar-refractivity contribution in [1.82, 2.24) is 25.0 Å². The second-order valence-corrected chi connectivity index (χ2v) is 14.3. The number of hydrogen-bond donors (Lipinski definition) is 5. The number of methoxy groups -OCH3 is 2. The Balaban J connectivity index is 1.97. The fourth-order valence-corrected chi connectivity index (χ4v) is 7.13. The van der Waals surface area contributed by atoms with Crippen LogP contribution in [0.3, 0.4) is 0 Å². The van der Waals surface area contributed by atoms with Crippen molar-refractivity contribution in [2.24, 2.45) is 11.3 Å². The highest BCUT2D eigenvalue weighted by Gasteiger charge is 2.38. The number of halogens is 3. The zero-order chi connectivity index (χ0) is 36.6. The van der Waals surface area contributed by atoms with Gasteiger partial charge in [-0.05, 0) is 49.3 Å². The van der Waals surface area contributed by atoms with Gasteiger partial charge in [0.25, 0.3) is 10.0 Å². The van der Waals surface area contributed by atoms with Crippen LogP contribution in [0.1, 0.15) is 44.7 Å². The van der Waals surface area contributed by atoms with E-state index in [0.29, 0.717) is 23.8 Å². The lowest BCUT2D eigenvalue weighted by molar-refractivity contribution is -0.137. The highest BCUT2D eigenvalue weighted by Crippen LogP contribution is 2.38. The third kappa shape index (κ3) is 10.7. The smallest absolute Gasteiger partial charge is 0.419 e. The van der Waals surface area contributed by atoms with Crippen LogP contribution < -0.4 is 29.7 Å². The van der Waals surface area contributed by atoms with Crippen LogP contribution in [-0.2, 0) is 22.7 Å². The summed E-state index contributed by atoms with van der Waals surface area (Å²) >= 11 is 0.719. The standard InChI is InChI=1S/C29H38F3N7O8S2/c1-17(38-27(42)43)19(12-28(2,3)8-9-33-26(40)41)13-34-24-22(29(30,31)32)11-21(14-35-24)49(44,45)39(25-36-16-37-48-25)15-18-6-7-20(46-4)10-23(18)47-5/h6-7,10-11,14,16-17,19,33,38H,8-9,12-13,15H2,1-5H3,(H,34,35)(H,40,41)(H,42,43)/t17-,19+/m1/s1. The molecule has 3 aromatic rings. The number of rotatable bonds is 17. The SMILES string of the molecule is COc1ccc(CN(c2ncns2)S(=O)(=O)c2cnc(NC[C@H](CC(C)(C)CCNC(=O)O)[C@@H](C)NC(=O)O)c(C(F)(F)F)c2)c(OC)c1. The third-order valence-corrected chi connectivity index (χ3v) is 10.1. The van der Waals surface area contributed by atoms with Gasteiger partial charge in [-0.2, -0.15) is 17.5 Å². The highest BCUT2D eigenvalue weighted by molar-refractivity contribution is 7.93. The lowest BCUT2D eigenvalue weighted by Crippen LogP contribution is -2.42. The molecule has 5 N–H and O–H groups in total. The monoisotopic (exact) mass is 733 g/mol. The Morgan fingerprint density at radius 3 is 2.37 bits per heavy atom. The van der Waals surface area contributed by atoms with Gasteiger partial charge >= 0.3 is 18.4 Å². The Bertz CT molecular complexity index is 1690. The van der Waals surface area contributed by atoms with Crippen LogP contribution in [0.2, 0.25) is 0 Å². The van der Waals surface area contributed by atoms with E-state index >= 15 is 0 Å². The molecule has 1 aromatic carbocycles. The molecule has 15 nitrogen and oxygen atoms in total. The number of aromatic nitrogens is 3. The molecule has 2 atom stereocenters. The summed E-state index contributed by atoms with van der Waals surface area (Å²) in [5.74, 6) is -0.555. The molecule has 0 spiro atoms. The van der Waals surface area contributed by atoms with Gasteiger partial charge in [0.15, 0.2) is 0 Å². The summed E-state index contributed by atoms with van der Waals surface area (Å²) in [6.07, 6.45) is -5.04. The van der Waals surface area contributed by atoms with Crippen molar-refractivity contribution in [3.05, 3.63) is 47.9 Å². The number of carbonyl (C=O) groups is 2. The van der Waals surface area contributed by atoms with Crippen LogP contribution in [0.25, 0.3) is 0 Å². The number of nitrogens with zero attached hydrogens (tertiary/aromatic N) is 4. The van der Waals surface area contributed by atoms with Crippen LogP contribution in [0.5, 0.6) is 11.5 Å². The number of nitrogens with one attached hydrogen (secondary N) is 3. The van der Waals surface area contributed by atoms with Crippen molar-refractivity contribution in [2.45, 2.75) is 57.3 Å². The first-order valence-corrected chi connectivity index (χ1v) is 16.9. The molecular formula is C29H38F3N7O8S2. The molecule has 270 valence electrons. The van der Waals surface area contributed by atoms with Crippen LogP contribution in [0, 0.1) is 11.3 Å². The Labute approximate surface area is 285 Å². The summed E-state index contributed by atoms with van der Waals surface area (Å²) in [4.78, 5) is 29.3. The molecule has 0 saturated carbocycles. The first kappa shape index (κ1) is 38.9. The molecule has 2 heterocycles. The first-order valence-electron chi connectivity index (χ1n) is 14.7. The highest BCUT2D eigenvalue weighted by atomic mass is 32.2. The van der Waals surface area contributed by atoms with Crippen LogP contribution in [-0.4, -0.2) is 78.5 Å². The summed E-state index contributed by atoms with van der Waals surface area (Å²) in [7, 11) is -1.91. The molecule has 0 aliphatic carbocycles. The van der Waals surface area contributed by atoms with E-state index in [4.69, 9.17) is 14.6 Å². The first-order chi connectivity index (χ1) is 22.9. The second-order valence-electron chi connectivity index (χ2n) is 11.7. The van der Waals surface area contributed by atoms with Gasteiger partial charge in [-0.15, -0.1) is 0 Å². The maximum absolute atomic E-state index is 14.5. The van der Waals surface area contributed by atoms with E-state index in [1.807, 2.05) is 13.8 Å². The number of pyridine rings is 1. The van der Waals surface area contributed by atoms with Crippen LogP contribution in [0.15, 0.2) is 41.7 Å². The van der Waals surface area contributed by atoms with Crippen molar-refractivity contribution in [1.29, 1.82) is 0 Å². The average molecular weight is 734 g/mol. The van der Waals surface area contributed by atoms with E-state index in [1.165, 1.54) is 20.3 Å². The Morgan fingerprint density at radius 2 is 1.80 bits per heavy atom. The molecule has 0 fully saturated rings. The van der Waals surface area contributed by atoms with Gasteiger partial charge in [-0.1, -0.05) is 13.8 Å². The topological polar surface area (TPSA) is 205 Å². The second kappa shape index (κ2) is 16.2. The molecule has 2 aromatic heterocycles. The third-order valence-electron chi connectivity index (χ3n) is 7.61. The summed E-state index contributed by atoms with van der Waals surface area (Å²) < 4.78 is 86.5. The Morgan fingerprint density at radius 1 is 1.08 bits per heavy atom. The molecule has 0 aliphatic heterocycles. The predicted molar refractivity (Wildman–Crippen MR) is 174 cm³/mol. The minimum Gasteiger partial charge on any atom is -0.497 e. The van der Waals surface area contributed by atoms with Crippen LogP contribution in [0.4, 0.5) is 33.7 Å². The molecule has 2 amide bonds. The maximum Gasteiger partial charge on any atom is 0.419 e. The van der Waals surface area contributed by atoms with Crippen LogP contribution >= 0.6 is 11.5 Å². The van der Waals surface area contributed by atoms with Gasteiger partial charge in [0.1, 0.15) is 28.5 Å². The molecule has 3 rings (SSSR count). The van der Waals surface area contributed by atoms with E-state index in [9.17, 15) is 36.3 Å². The number of amides is 2. The molecule has 49 heavy (non-hydrogen) atoms. The molecule has 0 unspecified atom stereocenters. The normalized spacial score (nSPS) is 13.2. The lowest BCUT2D eigenvalue weighted by atomic mass is 9.77. The number of sulfonamides is 1. The van der Waals surface area contributed by atoms with Gasteiger partial charge in [0.2, 0.25) is 5.13 Å². The molecule has 0 saturated heterocycles. The molecule has 0 aliphatic rings. The van der Waals surface area contributed by atoms with Gasteiger partial charge in [-0.3, -0.25) is 0 Å². The van der Waals surface area contributed by atoms with Crippen molar-refractivity contribution in [3.63, 3.8) is 0 Å². The lowest BCUT2D eigenvalue weighted by Gasteiger charge is -2.33. The largest absolute Gasteiger partial charge is 0.497 e. The van der Waals surface area contributed by atoms with E-state index in [0.717, 1.165) is 28.4 Å². The summed E-state index contributed by atoms with van der Waals surface area (Å²) in [5.41, 5.74) is -1.56. The van der Waals surface area contributed by atoms with Gasteiger partial charge in [0, 0.05) is 48.5 Å². The van der Waals surface area contributed by atoms with E-state index in [2.05, 4.69) is 30.3 Å². The quantitative estimate of drug-likeness (QED) is 0.123. The molecule has 0 bridgehead atoms. The predicted octanol–water partition coefficient (Wildman–Crippen LogP) is 5.12. The van der Waals surface area contributed by atoms with E-state index < -0.39 is 62.0 Å². The van der Waals surface area contributed by atoms with Crippen molar-refractivity contribution in [2.75, 3.05) is 36.9 Å². The van der Waals surface area contributed by atoms with Gasteiger partial charge < -0.3 is 35.6 Å². The minimum atomic E-state index is -5.05. The van der Waals surface area contributed by atoms with Crippen molar-refractivity contribution in [3.8, 4) is 11.5 Å². The summed E-state index contributed by atoms with van der Waals surface area (Å²) in [6, 6.07) is 4.38. The number of benzene rings is 1. The summed E-state index contributed by atoms with van der Waals surface area (Å²) in [6.45, 7) is 4.74. The summed E-state index contributed by atoms with van der Waals surface area (Å²) in [5, 5.41) is 25.3. The zero-order valence-electron chi connectivity index (χ0n) is 27.2. The minimum absolute atomic E-state index is 0.109. The fourth-order valence-electron chi connectivity index (χ4n) is 5.03. The average Bonchev–Trinajstić information content (AvgIpc) is 3.55. The molecule has 20 heteroatoms. The van der Waals surface area contributed by atoms with E-state index in [-0.39, 0.29) is 36.9 Å². The number of anilines is 2. The number of hydrogen-bond acceptors (Lipinski definition) is 11. The van der Waals surface area contributed by atoms with Crippen molar-refractivity contribution < 1.29 is 50.9 Å².